The Morgan fingerprint density at radius 1 is 1.62 bits per heavy atom. The second-order valence-electron chi connectivity index (χ2n) is 4.91. The van der Waals surface area contributed by atoms with Crippen molar-refractivity contribution in [3.8, 4) is 0 Å². The minimum absolute atomic E-state index is 0.152. The predicted octanol–water partition coefficient (Wildman–Crippen LogP) is 0.812. The van der Waals surface area contributed by atoms with Gasteiger partial charge in [-0.25, -0.2) is 0 Å². The van der Waals surface area contributed by atoms with Gasteiger partial charge in [0.05, 0.1) is 17.7 Å². The number of carbonyl (C=O) groups is 1. The summed E-state index contributed by atoms with van der Waals surface area (Å²) in [6.07, 6.45) is 4.00. The SMILES string of the molecule is CCC1(C(=O)NC2CCOC2C)CCCN1. The summed E-state index contributed by atoms with van der Waals surface area (Å²) in [5, 5.41) is 6.49. The second-order valence-corrected chi connectivity index (χ2v) is 4.91. The average Bonchev–Trinajstić information content (AvgIpc) is 2.89. The summed E-state index contributed by atoms with van der Waals surface area (Å²) >= 11 is 0. The van der Waals surface area contributed by atoms with Crippen LogP contribution in [0.25, 0.3) is 0 Å². The number of amides is 1. The Bertz CT molecular complexity index is 262. The minimum Gasteiger partial charge on any atom is -0.376 e. The number of rotatable bonds is 3. The van der Waals surface area contributed by atoms with E-state index in [1.54, 1.807) is 0 Å². The van der Waals surface area contributed by atoms with Gasteiger partial charge in [0.1, 0.15) is 0 Å². The summed E-state index contributed by atoms with van der Waals surface area (Å²) in [6, 6.07) is 0.193. The highest BCUT2D eigenvalue weighted by atomic mass is 16.5. The third kappa shape index (κ3) is 2.09. The molecule has 4 heteroatoms. The van der Waals surface area contributed by atoms with Crippen molar-refractivity contribution in [2.24, 2.45) is 0 Å². The fraction of sp³-hybridized carbons (Fsp3) is 0.917. The highest BCUT2D eigenvalue weighted by molar-refractivity contribution is 5.87. The highest BCUT2D eigenvalue weighted by Crippen LogP contribution is 2.24. The quantitative estimate of drug-likeness (QED) is 0.749. The molecule has 0 spiro atoms. The van der Waals surface area contributed by atoms with E-state index >= 15 is 0 Å². The molecule has 0 radical (unpaired) electrons. The lowest BCUT2D eigenvalue weighted by Gasteiger charge is -2.29. The van der Waals surface area contributed by atoms with Crippen LogP contribution in [0.3, 0.4) is 0 Å². The summed E-state index contributed by atoms with van der Waals surface area (Å²) in [4.78, 5) is 12.3. The Labute approximate surface area is 97.1 Å². The predicted molar refractivity (Wildman–Crippen MR) is 62.2 cm³/mol. The molecule has 1 amide bonds. The Kier molecular flexibility index (Phi) is 3.50. The lowest BCUT2D eigenvalue weighted by atomic mass is 9.92. The number of carbonyl (C=O) groups excluding carboxylic acids is 1. The van der Waals surface area contributed by atoms with Crippen LogP contribution in [-0.2, 0) is 9.53 Å². The molecule has 2 aliphatic rings. The maximum absolute atomic E-state index is 12.3. The summed E-state index contributed by atoms with van der Waals surface area (Å²) in [5.41, 5.74) is -0.317. The smallest absolute Gasteiger partial charge is 0.240 e. The molecule has 16 heavy (non-hydrogen) atoms. The molecule has 2 rings (SSSR count). The summed E-state index contributed by atoms with van der Waals surface area (Å²) in [5.74, 6) is 0.162. The number of ether oxygens (including phenoxy) is 1. The van der Waals surface area contributed by atoms with E-state index < -0.39 is 0 Å². The van der Waals surface area contributed by atoms with Crippen molar-refractivity contribution in [2.45, 2.75) is 57.2 Å². The topological polar surface area (TPSA) is 50.4 Å². The first kappa shape index (κ1) is 11.9. The molecule has 3 unspecified atom stereocenters. The van der Waals surface area contributed by atoms with Gasteiger partial charge in [-0.05, 0) is 39.2 Å². The molecule has 2 heterocycles. The van der Waals surface area contributed by atoms with Gasteiger partial charge in [0.15, 0.2) is 0 Å². The van der Waals surface area contributed by atoms with Crippen molar-refractivity contribution in [3.63, 3.8) is 0 Å². The van der Waals surface area contributed by atoms with Crippen LogP contribution in [0, 0.1) is 0 Å². The standard InChI is InChI=1S/C12H22N2O2/c1-3-12(6-4-7-13-12)11(15)14-10-5-8-16-9(10)2/h9-10,13H,3-8H2,1-2H3,(H,14,15). The van der Waals surface area contributed by atoms with Gasteiger partial charge in [-0.15, -0.1) is 0 Å². The zero-order valence-corrected chi connectivity index (χ0v) is 10.2. The highest BCUT2D eigenvalue weighted by Gasteiger charge is 2.40. The van der Waals surface area contributed by atoms with Crippen molar-refractivity contribution >= 4 is 5.91 Å². The molecule has 0 aromatic heterocycles. The first-order valence-electron chi connectivity index (χ1n) is 6.35. The fourth-order valence-corrected chi connectivity index (χ4v) is 2.69. The number of hydrogen-bond acceptors (Lipinski definition) is 3. The van der Waals surface area contributed by atoms with Crippen LogP contribution in [0.15, 0.2) is 0 Å². The molecular formula is C12H22N2O2. The Hall–Kier alpha value is -0.610. The van der Waals surface area contributed by atoms with Crippen LogP contribution in [-0.4, -0.2) is 36.7 Å². The van der Waals surface area contributed by atoms with Gasteiger partial charge in [-0.1, -0.05) is 6.92 Å². The zero-order valence-electron chi connectivity index (χ0n) is 10.2. The summed E-state index contributed by atoms with van der Waals surface area (Å²) in [7, 11) is 0. The van der Waals surface area contributed by atoms with Crippen molar-refractivity contribution in [3.05, 3.63) is 0 Å². The zero-order chi connectivity index (χ0) is 11.6. The molecular weight excluding hydrogens is 204 g/mol. The van der Waals surface area contributed by atoms with Crippen molar-refractivity contribution in [1.82, 2.24) is 10.6 Å². The Balaban J connectivity index is 1.96. The first-order chi connectivity index (χ1) is 7.68. The molecule has 0 aromatic carbocycles. The summed E-state index contributed by atoms with van der Waals surface area (Å²) < 4.78 is 5.46. The van der Waals surface area contributed by atoms with Crippen LogP contribution in [0.2, 0.25) is 0 Å². The lowest BCUT2D eigenvalue weighted by Crippen LogP contribution is -2.56. The van der Waals surface area contributed by atoms with Gasteiger partial charge >= 0.3 is 0 Å². The first-order valence-corrected chi connectivity index (χ1v) is 6.35. The molecule has 2 aliphatic heterocycles. The maximum Gasteiger partial charge on any atom is 0.240 e. The van der Waals surface area contributed by atoms with Crippen molar-refractivity contribution in [1.29, 1.82) is 0 Å². The molecule has 2 saturated heterocycles. The second kappa shape index (κ2) is 4.72. The van der Waals surface area contributed by atoms with Crippen LogP contribution >= 0.6 is 0 Å². The van der Waals surface area contributed by atoms with E-state index in [4.69, 9.17) is 4.74 Å². The monoisotopic (exact) mass is 226 g/mol. The third-order valence-electron chi connectivity index (χ3n) is 3.97. The van der Waals surface area contributed by atoms with Gasteiger partial charge in [-0.3, -0.25) is 4.79 Å². The average molecular weight is 226 g/mol. The van der Waals surface area contributed by atoms with E-state index in [0.717, 1.165) is 38.8 Å². The van der Waals surface area contributed by atoms with E-state index in [0.29, 0.717) is 0 Å². The van der Waals surface area contributed by atoms with E-state index in [1.165, 1.54) is 0 Å². The largest absolute Gasteiger partial charge is 0.376 e. The molecule has 4 nitrogen and oxygen atoms in total. The molecule has 92 valence electrons. The van der Waals surface area contributed by atoms with E-state index in [9.17, 15) is 4.79 Å². The molecule has 0 aliphatic carbocycles. The van der Waals surface area contributed by atoms with Gasteiger partial charge in [-0.2, -0.15) is 0 Å². The molecule has 2 fully saturated rings. The van der Waals surface area contributed by atoms with Gasteiger partial charge in [0, 0.05) is 6.61 Å². The molecule has 2 N–H and O–H groups in total. The Morgan fingerprint density at radius 2 is 2.44 bits per heavy atom. The van der Waals surface area contributed by atoms with Crippen LogP contribution in [0.4, 0.5) is 0 Å². The summed E-state index contributed by atoms with van der Waals surface area (Å²) in [6.45, 7) is 5.82. The van der Waals surface area contributed by atoms with E-state index in [-0.39, 0.29) is 23.6 Å². The van der Waals surface area contributed by atoms with Gasteiger partial charge in [0.2, 0.25) is 5.91 Å². The van der Waals surface area contributed by atoms with Crippen LogP contribution < -0.4 is 10.6 Å². The number of nitrogens with one attached hydrogen (secondary N) is 2. The molecule has 0 bridgehead atoms. The molecule has 0 saturated carbocycles. The van der Waals surface area contributed by atoms with Crippen LogP contribution in [0.5, 0.6) is 0 Å². The van der Waals surface area contributed by atoms with Gasteiger partial charge < -0.3 is 15.4 Å². The van der Waals surface area contributed by atoms with E-state index in [2.05, 4.69) is 17.6 Å². The minimum atomic E-state index is -0.317. The van der Waals surface area contributed by atoms with E-state index in [1.807, 2.05) is 6.92 Å². The third-order valence-corrected chi connectivity index (χ3v) is 3.97. The van der Waals surface area contributed by atoms with Crippen molar-refractivity contribution < 1.29 is 9.53 Å². The fourth-order valence-electron chi connectivity index (χ4n) is 2.69. The van der Waals surface area contributed by atoms with Gasteiger partial charge in [0.25, 0.3) is 0 Å². The van der Waals surface area contributed by atoms with Crippen LogP contribution in [0.1, 0.15) is 39.5 Å². The normalized spacial score (nSPS) is 38.9. The maximum atomic E-state index is 12.3. The Morgan fingerprint density at radius 3 is 2.94 bits per heavy atom. The molecule has 0 aromatic rings. The number of hydrogen-bond donors (Lipinski definition) is 2. The van der Waals surface area contributed by atoms with Crippen molar-refractivity contribution in [2.75, 3.05) is 13.2 Å². The molecule has 3 atom stereocenters. The lowest BCUT2D eigenvalue weighted by molar-refractivity contribution is -0.128.